The van der Waals surface area contributed by atoms with Crippen molar-refractivity contribution in [3.05, 3.63) is 18.0 Å². The molecule has 0 atom stereocenters. The Kier molecular flexibility index (Phi) is 4.92. The Morgan fingerprint density at radius 3 is 2.56 bits per heavy atom. The van der Waals surface area contributed by atoms with Crippen molar-refractivity contribution in [1.82, 2.24) is 15.1 Å². The van der Waals surface area contributed by atoms with Gasteiger partial charge in [0.2, 0.25) is 0 Å². The number of rotatable bonds is 6. The summed E-state index contributed by atoms with van der Waals surface area (Å²) in [4.78, 5) is 0. The number of hydrogen-bond acceptors (Lipinski definition) is 4. The second-order valence-corrected chi connectivity index (χ2v) is 7.88. The molecule has 0 aliphatic heterocycles. The molecule has 1 aromatic rings. The van der Waals surface area contributed by atoms with Gasteiger partial charge in [0.1, 0.15) is 9.84 Å². The predicted octanol–water partition coefficient (Wildman–Crippen LogP) is 1.16. The molecule has 5 nitrogen and oxygen atoms in total. The molecule has 1 rings (SSSR count). The molecule has 0 radical (unpaired) electrons. The first-order valence-corrected chi connectivity index (χ1v) is 8.17. The van der Waals surface area contributed by atoms with Crippen molar-refractivity contribution in [3.63, 3.8) is 0 Å². The van der Waals surface area contributed by atoms with Crippen molar-refractivity contribution in [2.75, 3.05) is 18.6 Å². The van der Waals surface area contributed by atoms with Gasteiger partial charge in [-0.3, -0.25) is 4.68 Å². The first-order valence-electron chi connectivity index (χ1n) is 6.11. The zero-order valence-corrected chi connectivity index (χ0v) is 12.4. The van der Waals surface area contributed by atoms with Crippen LogP contribution in [0.5, 0.6) is 0 Å². The maximum absolute atomic E-state index is 10.9. The van der Waals surface area contributed by atoms with Crippen LogP contribution in [0.25, 0.3) is 0 Å². The highest BCUT2D eigenvalue weighted by atomic mass is 32.2. The molecule has 1 heterocycles. The number of aromatic nitrogens is 2. The molecule has 1 aromatic heterocycles. The van der Waals surface area contributed by atoms with E-state index in [1.54, 1.807) is 0 Å². The third kappa shape index (κ3) is 5.64. The first kappa shape index (κ1) is 15.2. The van der Waals surface area contributed by atoms with Gasteiger partial charge in [-0.15, -0.1) is 0 Å². The number of sulfone groups is 1. The summed E-state index contributed by atoms with van der Waals surface area (Å²) >= 11 is 0. The van der Waals surface area contributed by atoms with E-state index in [0.29, 0.717) is 13.0 Å². The van der Waals surface area contributed by atoms with E-state index < -0.39 is 9.84 Å². The molecule has 0 aromatic carbocycles. The van der Waals surface area contributed by atoms with Gasteiger partial charge >= 0.3 is 0 Å². The van der Waals surface area contributed by atoms with Crippen molar-refractivity contribution in [2.45, 2.75) is 39.3 Å². The second-order valence-electron chi connectivity index (χ2n) is 5.62. The van der Waals surface area contributed by atoms with Crippen LogP contribution in [0.3, 0.4) is 0 Å². The molecule has 0 saturated carbocycles. The highest BCUT2D eigenvalue weighted by Gasteiger charge is 2.13. The van der Waals surface area contributed by atoms with Gasteiger partial charge < -0.3 is 5.32 Å². The van der Waals surface area contributed by atoms with Crippen LogP contribution in [-0.2, 0) is 21.9 Å². The molecule has 0 aliphatic carbocycles. The number of nitrogens with one attached hydrogen (secondary N) is 1. The van der Waals surface area contributed by atoms with Crippen molar-refractivity contribution in [1.29, 1.82) is 0 Å². The van der Waals surface area contributed by atoms with E-state index in [0.717, 1.165) is 12.1 Å². The molecule has 1 N–H and O–H groups in total. The lowest BCUT2D eigenvalue weighted by molar-refractivity contribution is 0.355. The maximum atomic E-state index is 10.9. The average molecular weight is 273 g/mol. The molecule has 104 valence electrons. The van der Waals surface area contributed by atoms with E-state index >= 15 is 0 Å². The molecule has 0 aliphatic rings. The molecular weight excluding hydrogens is 250 g/mol. The summed E-state index contributed by atoms with van der Waals surface area (Å²) < 4.78 is 23.8. The fourth-order valence-electron chi connectivity index (χ4n) is 1.51. The van der Waals surface area contributed by atoms with E-state index in [2.05, 4.69) is 31.2 Å². The van der Waals surface area contributed by atoms with Crippen molar-refractivity contribution in [3.8, 4) is 0 Å². The monoisotopic (exact) mass is 273 g/mol. The summed E-state index contributed by atoms with van der Waals surface area (Å²) in [7, 11) is -2.84. The first-order chi connectivity index (χ1) is 8.18. The Bertz CT molecular complexity index is 472. The number of hydrogen-bond donors (Lipinski definition) is 1. The van der Waals surface area contributed by atoms with Crippen molar-refractivity contribution in [2.24, 2.45) is 0 Å². The van der Waals surface area contributed by atoms with Gasteiger partial charge in [0.05, 0.1) is 17.5 Å². The van der Waals surface area contributed by atoms with Gasteiger partial charge in [-0.2, -0.15) is 5.10 Å². The largest absolute Gasteiger partial charge is 0.313 e. The molecular formula is C12H23N3O2S. The normalized spacial score (nSPS) is 12.9. The van der Waals surface area contributed by atoms with Crippen LogP contribution in [0.15, 0.2) is 12.4 Å². The molecule has 0 fully saturated rings. The van der Waals surface area contributed by atoms with Crippen LogP contribution >= 0.6 is 0 Å². The van der Waals surface area contributed by atoms with E-state index in [-0.39, 0.29) is 11.3 Å². The second kappa shape index (κ2) is 5.84. The predicted molar refractivity (Wildman–Crippen MR) is 73.3 cm³/mol. The van der Waals surface area contributed by atoms with Crippen LogP contribution in [-0.4, -0.2) is 36.8 Å². The third-order valence-corrected chi connectivity index (χ3v) is 3.55. The Morgan fingerprint density at radius 1 is 1.39 bits per heavy atom. The molecule has 0 unspecified atom stereocenters. The van der Waals surface area contributed by atoms with Gasteiger partial charge in [0.25, 0.3) is 0 Å². The summed E-state index contributed by atoms with van der Waals surface area (Å²) in [5, 5.41) is 7.53. The Labute approximate surface area is 109 Å². The molecule has 0 saturated heterocycles. The zero-order valence-electron chi connectivity index (χ0n) is 11.6. The summed E-state index contributed by atoms with van der Waals surface area (Å²) in [6.45, 7) is 7.73. The van der Waals surface area contributed by atoms with Crippen LogP contribution < -0.4 is 5.32 Å². The Balaban J connectivity index is 2.30. The van der Waals surface area contributed by atoms with Gasteiger partial charge in [0, 0.05) is 24.6 Å². The standard InChI is InChI=1S/C12H23N3O2S/c1-12(2,3)15-10-11(9-14-15)8-13-6-5-7-18(4,16)17/h9-10,13H,5-8H2,1-4H3. The minimum absolute atomic E-state index is 0.00542. The fourth-order valence-corrected chi connectivity index (χ4v) is 2.18. The lowest BCUT2D eigenvalue weighted by Crippen LogP contribution is -2.22. The van der Waals surface area contributed by atoms with E-state index in [9.17, 15) is 8.42 Å². The average Bonchev–Trinajstić information content (AvgIpc) is 2.63. The minimum atomic E-state index is -2.84. The molecule has 18 heavy (non-hydrogen) atoms. The van der Waals surface area contributed by atoms with E-state index in [4.69, 9.17) is 0 Å². The highest BCUT2D eigenvalue weighted by Crippen LogP contribution is 2.12. The fraction of sp³-hybridized carbons (Fsp3) is 0.750. The smallest absolute Gasteiger partial charge is 0.147 e. The molecule has 0 bridgehead atoms. The van der Waals surface area contributed by atoms with Crippen molar-refractivity contribution >= 4 is 9.84 Å². The van der Waals surface area contributed by atoms with Crippen LogP contribution in [0.4, 0.5) is 0 Å². The van der Waals surface area contributed by atoms with Crippen LogP contribution in [0, 0.1) is 0 Å². The van der Waals surface area contributed by atoms with E-state index in [1.165, 1.54) is 6.26 Å². The van der Waals surface area contributed by atoms with Crippen LogP contribution in [0.2, 0.25) is 0 Å². The Hall–Kier alpha value is -0.880. The molecule has 0 spiro atoms. The Morgan fingerprint density at radius 2 is 2.06 bits per heavy atom. The molecule has 0 amide bonds. The lowest BCUT2D eigenvalue weighted by Gasteiger charge is -2.18. The molecule has 6 heteroatoms. The summed E-state index contributed by atoms with van der Waals surface area (Å²) in [5.74, 6) is 0.237. The van der Waals surface area contributed by atoms with Gasteiger partial charge in [-0.1, -0.05) is 0 Å². The van der Waals surface area contributed by atoms with Crippen molar-refractivity contribution < 1.29 is 8.42 Å². The quantitative estimate of drug-likeness (QED) is 0.790. The summed E-state index contributed by atoms with van der Waals surface area (Å²) in [6.07, 6.45) is 5.77. The highest BCUT2D eigenvalue weighted by molar-refractivity contribution is 7.90. The van der Waals surface area contributed by atoms with Crippen LogP contribution in [0.1, 0.15) is 32.8 Å². The van der Waals surface area contributed by atoms with Gasteiger partial charge in [0.15, 0.2) is 0 Å². The van der Waals surface area contributed by atoms with Gasteiger partial charge in [-0.25, -0.2) is 8.42 Å². The summed E-state index contributed by atoms with van der Waals surface area (Å²) in [5.41, 5.74) is 1.11. The zero-order chi connectivity index (χ0) is 13.8. The summed E-state index contributed by atoms with van der Waals surface area (Å²) in [6, 6.07) is 0. The maximum Gasteiger partial charge on any atom is 0.147 e. The topological polar surface area (TPSA) is 64.0 Å². The third-order valence-electron chi connectivity index (χ3n) is 2.52. The van der Waals surface area contributed by atoms with E-state index in [1.807, 2.05) is 17.1 Å². The van der Waals surface area contributed by atoms with Gasteiger partial charge in [-0.05, 0) is 33.7 Å². The SMILES string of the molecule is CC(C)(C)n1cc(CNCCCS(C)(=O)=O)cn1. The lowest BCUT2D eigenvalue weighted by atomic mass is 10.1. The number of nitrogens with zero attached hydrogens (tertiary/aromatic N) is 2. The minimum Gasteiger partial charge on any atom is -0.313 e.